The summed E-state index contributed by atoms with van der Waals surface area (Å²) in [6.07, 6.45) is -6.96. The van der Waals surface area contributed by atoms with Crippen LogP contribution < -0.4 is 5.32 Å². The zero-order valence-electron chi connectivity index (χ0n) is 16.4. The molecule has 1 aliphatic heterocycles. The Bertz CT molecular complexity index is 874. The van der Waals surface area contributed by atoms with E-state index in [1.807, 2.05) is 5.32 Å². The summed E-state index contributed by atoms with van der Waals surface area (Å²) in [6.45, 7) is -0.818. The van der Waals surface area contributed by atoms with Gasteiger partial charge in [0, 0.05) is 12.7 Å². The minimum absolute atomic E-state index is 0.0645. The summed E-state index contributed by atoms with van der Waals surface area (Å²) in [5, 5.41) is 1.94. The molecule has 2 aliphatic rings. The van der Waals surface area contributed by atoms with Gasteiger partial charge in [-0.2, -0.15) is 26.3 Å². The number of imide groups is 1. The molecule has 1 heterocycles. The molecule has 4 amide bonds. The molecular formula is C19H19F6N3O3. The Morgan fingerprint density at radius 3 is 1.97 bits per heavy atom. The fourth-order valence-electron chi connectivity index (χ4n) is 4.04. The summed E-state index contributed by atoms with van der Waals surface area (Å²) in [4.78, 5) is 39.6. The first-order valence-electron chi connectivity index (χ1n) is 9.45. The summed E-state index contributed by atoms with van der Waals surface area (Å²) >= 11 is 0. The normalized spacial score (nSPS) is 19.3. The molecule has 0 unspecified atom stereocenters. The smallest absolute Gasteiger partial charge is 0.325 e. The van der Waals surface area contributed by atoms with E-state index < -0.39 is 59.1 Å². The number of carbonyl (C=O) groups excluding carboxylic acids is 3. The van der Waals surface area contributed by atoms with E-state index in [4.69, 9.17) is 0 Å². The summed E-state index contributed by atoms with van der Waals surface area (Å²) in [6, 6.07) is -0.0854. The second kappa shape index (κ2) is 7.72. The molecule has 1 aliphatic carbocycles. The maximum absolute atomic E-state index is 13.0. The van der Waals surface area contributed by atoms with Crippen LogP contribution in [0.15, 0.2) is 18.2 Å². The fourth-order valence-corrected chi connectivity index (χ4v) is 4.04. The van der Waals surface area contributed by atoms with Crippen molar-refractivity contribution in [1.82, 2.24) is 9.80 Å². The van der Waals surface area contributed by atoms with E-state index in [9.17, 15) is 40.7 Å². The maximum Gasteiger partial charge on any atom is 0.416 e. The molecule has 6 nitrogen and oxygen atoms in total. The number of nitrogens with zero attached hydrogens (tertiary/aromatic N) is 2. The van der Waals surface area contributed by atoms with Crippen LogP contribution in [-0.2, 0) is 21.9 Å². The zero-order chi connectivity index (χ0) is 23.2. The number of benzene rings is 1. The number of likely N-dealkylation sites (N-methyl/N-ethyl adjacent to an activating group) is 1. The highest BCUT2D eigenvalue weighted by Gasteiger charge is 2.55. The van der Waals surface area contributed by atoms with E-state index >= 15 is 0 Å². The number of halogens is 6. The van der Waals surface area contributed by atoms with Gasteiger partial charge in [-0.05, 0) is 31.0 Å². The van der Waals surface area contributed by atoms with Gasteiger partial charge >= 0.3 is 18.4 Å². The first kappa shape index (κ1) is 22.9. The first-order valence-corrected chi connectivity index (χ1v) is 9.45. The quantitative estimate of drug-likeness (QED) is 0.552. The van der Waals surface area contributed by atoms with Crippen molar-refractivity contribution in [3.63, 3.8) is 0 Å². The van der Waals surface area contributed by atoms with Crippen LogP contribution in [0.2, 0.25) is 0 Å². The van der Waals surface area contributed by atoms with Crippen molar-refractivity contribution in [2.24, 2.45) is 0 Å². The van der Waals surface area contributed by atoms with Gasteiger partial charge in [0.2, 0.25) is 5.91 Å². The molecule has 0 aromatic heterocycles. The van der Waals surface area contributed by atoms with Gasteiger partial charge in [-0.3, -0.25) is 14.5 Å². The molecule has 1 aromatic carbocycles. The monoisotopic (exact) mass is 451 g/mol. The average molecular weight is 451 g/mol. The van der Waals surface area contributed by atoms with Crippen LogP contribution in [0, 0.1) is 0 Å². The molecule has 0 radical (unpaired) electrons. The minimum atomic E-state index is -5.07. The third-order valence-electron chi connectivity index (χ3n) is 5.66. The molecule has 170 valence electrons. The SMILES string of the molecule is CN1C(=O)N(CC(=O)Nc2cc(C(F)(F)F)cc(C(F)(F)F)c2)C(=O)C12CCCCC2. The number of carbonyl (C=O) groups is 3. The topological polar surface area (TPSA) is 69.7 Å². The molecule has 2 fully saturated rings. The summed E-state index contributed by atoms with van der Waals surface area (Å²) in [7, 11) is 1.44. The molecule has 1 spiro atoms. The lowest BCUT2D eigenvalue weighted by molar-refractivity contribution is -0.143. The van der Waals surface area contributed by atoms with E-state index in [-0.39, 0.29) is 6.07 Å². The predicted molar refractivity (Wildman–Crippen MR) is 95.8 cm³/mol. The third-order valence-corrected chi connectivity index (χ3v) is 5.66. The van der Waals surface area contributed by atoms with Crippen LogP contribution in [-0.4, -0.2) is 46.8 Å². The summed E-state index contributed by atoms with van der Waals surface area (Å²) in [5.41, 5.74) is -4.99. The van der Waals surface area contributed by atoms with Crippen LogP contribution in [0.1, 0.15) is 43.2 Å². The lowest BCUT2D eigenvalue weighted by Gasteiger charge is -2.35. The Labute approximate surface area is 173 Å². The summed E-state index contributed by atoms with van der Waals surface area (Å²) in [5.74, 6) is -1.68. The van der Waals surface area contributed by atoms with Gasteiger partial charge in [-0.1, -0.05) is 19.3 Å². The van der Waals surface area contributed by atoms with Gasteiger partial charge < -0.3 is 10.2 Å². The molecule has 31 heavy (non-hydrogen) atoms. The van der Waals surface area contributed by atoms with E-state index in [0.717, 1.165) is 6.42 Å². The van der Waals surface area contributed by atoms with Crippen molar-refractivity contribution < 1.29 is 40.7 Å². The lowest BCUT2D eigenvalue weighted by atomic mass is 9.81. The Morgan fingerprint density at radius 1 is 0.968 bits per heavy atom. The molecule has 0 bridgehead atoms. The summed E-state index contributed by atoms with van der Waals surface area (Å²) < 4.78 is 77.8. The van der Waals surface area contributed by atoms with E-state index in [1.54, 1.807) is 0 Å². The Hall–Kier alpha value is -2.79. The predicted octanol–water partition coefficient (Wildman–Crippen LogP) is 4.26. The standard InChI is InChI=1S/C19H19F6N3O3/c1-27-16(31)28(15(30)17(27)5-3-2-4-6-17)10-14(29)26-13-8-11(18(20,21)22)7-12(9-13)19(23,24)25/h7-9H,2-6,10H2,1H3,(H,26,29). The maximum atomic E-state index is 13.0. The van der Waals surface area contributed by atoms with Crippen LogP contribution >= 0.6 is 0 Å². The number of urea groups is 1. The Morgan fingerprint density at radius 2 is 1.48 bits per heavy atom. The van der Waals surface area contributed by atoms with Crippen LogP contribution in [0.3, 0.4) is 0 Å². The van der Waals surface area contributed by atoms with Crippen LogP contribution in [0.25, 0.3) is 0 Å². The third kappa shape index (κ3) is 4.33. The lowest BCUT2D eigenvalue weighted by Crippen LogP contribution is -2.49. The Kier molecular flexibility index (Phi) is 5.70. The van der Waals surface area contributed by atoms with Crippen molar-refractivity contribution in [3.8, 4) is 0 Å². The van der Waals surface area contributed by atoms with Crippen molar-refractivity contribution in [1.29, 1.82) is 0 Å². The molecule has 1 aromatic rings. The van der Waals surface area contributed by atoms with Crippen molar-refractivity contribution in [3.05, 3.63) is 29.3 Å². The molecule has 3 rings (SSSR count). The number of hydrogen-bond donors (Lipinski definition) is 1. The molecule has 1 saturated heterocycles. The van der Waals surface area contributed by atoms with E-state index in [0.29, 0.717) is 42.7 Å². The highest BCUT2D eigenvalue weighted by Crippen LogP contribution is 2.40. The zero-order valence-corrected chi connectivity index (χ0v) is 16.4. The number of anilines is 1. The number of nitrogens with one attached hydrogen (secondary N) is 1. The number of alkyl halides is 6. The Balaban J connectivity index is 1.81. The van der Waals surface area contributed by atoms with Gasteiger partial charge in [0.1, 0.15) is 12.1 Å². The minimum Gasteiger partial charge on any atom is -0.325 e. The van der Waals surface area contributed by atoms with Gasteiger partial charge in [0.25, 0.3) is 5.91 Å². The van der Waals surface area contributed by atoms with Gasteiger partial charge in [0.15, 0.2) is 0 Å². The van der Waals surface area contributed by atoms with Gasteiger partial charge in [-0.15, -0.1) is 0 Å². The van der Waals surface area contributed by atoms with Gasteiger partial charge in [-0.25, -0.2) is 4.79 Å². The number of rotatable bonds is 3. The molecule has 1 N–H and O–H groups in total. The molecule has 0 atom stereocenters. The molecule has 1 saturated carbocycles. The second-order valence-electron chi connectivity index (χ2n) is 7.67. The van der Waals surface area contributed by atoms with Crippen molar-refractivity contribution >= 4 is 23.5 Å². The highest BCUT2D eigenvalue weighted by molar-refractivity contribution is 6.10. The van der Waals surface area contributed by atoms with Crippen LogP contribution in [0.5, 0.6) is 0 Å². The first-order chi connectivity index (χ1) is 14.3. The van der Waals surface area contributed by atoms with E-state index in [1.165, 1.54) is 11.9 Å². The fraction of sp³-hybridized carbons (Fsp3) is 0.526. The van der Waals surface area contributed by atoms with Gasteiger partial charge in [0.05, 0.1) is 11.1 Å². The number of amides is 4. The van der Waals surface area contributed by atoms with E-state index in [2.05, 4.69) is 0 Å². The largest absolute Gasteiger partial charge is 0.416 e. The van der Waals surface area contributed by atoms with Crippen molar-refractivity contribution in [2.45, 2.75) is 50.0 Å². The average Bonchev–Trinajstić information content (AvgIpc) is 2.83. The highest BCUT2D eigenvalue weighted by atomic mass is 19.4. The van der Waals surface area contributed by atoms with Crippen molar-refractivity contribution in [2.75, 3.05) is 18.9 Å². The second-order valence-corrected chi connectivity index (χ2v) is 7.67. The number of hydrogen-bond acceptors (Lipinski definition) is 3. The molecular weight excluding hydrogens is 432 g/mol. The molecule has 12 heteroatoms. The van der Waals surface area contributed by atoms with Crippen LogP contribution in [0.4, 0.5) is 36.8 Å².